The van der Waals surface area contributed by atoms with Crippen molar-refractivity contribution in [2.24, 2.45) is 0 Å². The first-order valence-electron chi connectivity index (χ1n) is 8.51. The van der Waals surface area contributed by atoms with Gasteiger partial charge < -0.3 is 34.8 Å². The van der Waals surface area contributed by atoms with E-state index in [1.54, 1.807) is 0 Å². The van der Waals surface area contributed by atoms with Gasteiger partial charge in [0, 0.05) is 6.42 Å². The number of carbonyl (C=O) groups excluding carboxylic acids is 1. The van der Waals surface area contributed by atoms with Crippen LogP contribution in [-0.4, -0.2) is 84.3 Å². The molecule has 1 amide bonds. The Labute approximate surface area is 162 Å². The summed E-state index contributed by atoms with van der Waals surface area (Å²) >= 11 is 0. The van der Waals surface area contributed by atoms with Gasteiger partial charge in [0.1, 0.15) is 5.54 Å². The van der Waals surface area contributed by atoms with Crippen molar-refractivity contribution >= 4 is 23.8 Å². The van der Waals surface area contributed by atoms with Crippen molar-refractivity contribution in [2.75, 3.05) is 39.6 Å². The van der Waals surface area contributed by atoms with E-state index in [1.165, 1.54) is 6.08 Å². The number of carboxylic acids is 3. The number of hydrogen-bond acceptors (Lipinski definition) is 7. The van der Waals surface area contributed by atoms with E-state index in [0.29, 0.717) is 0 Å². The molecule has 0 bridgehead atoms. The molecule has 0 spiro atoms. The summed E-state index contributed by atoms with van der Waals surface area (Å²) in [5.74, 6) is -3.85. The summed E-state index contributed by atoms with van der Waals surface area (Å²) in [4.78, 5) is 44.0. The maximum Gasteiger partial charge on any atom is 0.305 e. The summed E-state index contributed by atoms with van der Waals surface area (Å²) in [6.45, 7) is 2.95. The Kier molecular flexibility index (Phi) is 13.2. The van der Waals surface area contributed by atoms with Crippen LogP contribution in [0.5, 0.6) is 0 Å². The molecule has 160 valence electrons. The molecule has 11 nitrogen and oxygen atoms in total. The molecule has 0 aromatic carbocycles. The number of carboxylic acid groups (broad SMARTS) is 3. The van der Waals surface area contributed by atoms with Gasteiger partial charge in [-0.05, 0) is 0 Å². The molecule has 0 saturated carbocycles. The van der Waals surface area contributed by atoms with Crippen molar-refractivity contribution in [3.8, 4) is 0 Å². The van der Waals surface area contributed by atoms with Crippen LogP contribution in [-0.2, 0) is 33.4 Å². The second kappa shape index (κ2) is 14.5. The number of rotatable bonds is 18. The predicted octanol–water partition coefficient (Wildman–Crippen LogP) is -0.109. The van der Waals surface area contributed by atoms with Crippen molar-refractivity contribution in [3.05, 3.63) is 12.7 Å². The Morgan fingerprint density at radius 3 is 1.68 bits per heavy atom. The van der Waals surface area contributed by atoms with Gasteiger partial charge in [0.25, 0.3) is 0 Å². The zero-order valence-corrected chi connectivity index (χ0v) is 15.6. The van der Waals surface area contributed by atoms with Crippen LogP contribution in [0.1, 0.15) is 25.7 Å². The predicted molar refractivity (Wildman–Crippen MR) is 94.9 cm³/mol. The third-order valence-corrected chi connectivity index (χ3v) is 3.26. The average molecular weight is 405 g/mol. The van der Waals surface area contributed by atoms with Crippen LogP contribution in [0, 0.1) is 0 Å². The van der Waals surface area contributed by atoms with E-state index in [2.05, 4.69) is 11.9 Å². The van der Waals surface area contributed by atoms with Crippen LogP contribution in [0.4, 0.5) is 0 Å². The van der Waals surface area contributed by atoms with Crippen LogP contribution in [0.25, 0.3) is 0 Å². The number of carbonyl (C=O) groups is 4. The van der Waals surface area contributed by atoms with Crippen LogP contribution >= 0.6 is 0 Å². The van der Waals surface area contributed by atoms with E-state index in [4.69, 9.17) is 29.5 Å². The lowest BCUT2D eigenvalue weighted by Gasteiger charge is -2.34. The molecule has 0 aromatic rings. The topological polar surface area (TPSA) is 169 Å². The van der Waals surface area contributed by atoms with Crippen molar-refractivity contribution in [3.63, 3.8) is 0 Å². The molecular formula is C17H27NO10. The molecule has 0 heterocycles. The SMILES string of the molecule is C=CCOCC(COCCC(=O)O)(COCCC(=O)O)NC(=O)CCC(=O)O. The molecule has 28 heavy (non-hydrogen) atoms. The van der Waals surface area contributed by atoms with E-state index in [9.17, 15) is 19.2 Å². The van der Waals surface area contributed by atoms with Crippen molar-refractivity contribution in [1.82, 2.24) is 5.32 Å². The molecular weight excluding hydrogens is 378 g/mol. The van der Waals surface area contributed by atoms with Crippen LogP contribution in [0.15, 0.2) is 12.7 Å². The first-order chi connectivity index (χ1) is 13.2. The summed E-state index contributed by atoms with van der Waals surface area (Å²) in [6.07, 6.45) is 0.304. The molecule has 0 radical (unpaired) electrons. The highest BCUT2D eigenvalue weighted by molar-refractivity contribution is 5.81. The Bertz CT molecular complexity index is 512. The summed E-state index contributed by atoms with van der Waals surface area (Å²) in [5.41, 5.74) is -1.25. The molecule has 0 unspecified atom stereocenters. The average Bonchev–Trinajstić information content (AvgIpc) is 2.60. The molecule has 4 N–H and O–H groups in total. The Balaban J connectivity index is 5.09. The van der Waals surface area contributed by atoms with Gasteiger partial charge in [0.15, 0.2) is 0 Å². The lowest BCUT2D eigenvalue weighted by Crippen LogP contribution is -2.58. The fraction of sp³-hybridized carbons (Fsp3) is 0.647. The Morgan fingerprint density at radius 2 is 1.25 bits per heavy atom. The van der Waals surface area contributed by atoms with Crippen molar-refractivity contribution in [2.45, 2.75) is 31.2 Å². The highest BCUT2D eigenvalue weighted by Gasteiger charge is 2.33. The summed E-state index contributed by atoms with van der Waals surface area (Å²) in [6, 6.07) is 0. The van der Waals surface area contributed by atoms with Gasteiger partial charge in [-0.3, -0.25) is 19.2 Å². The lowest BCUT2D eigenvalue weighted by atomic mass is 10.0. The van der Waals surface area contributed by atoms with Gasteiger partial charge in [-0.15, -0.1) is 6.58 Å². The number of nitrogens with one attached hydrogen (secondary N) is 1. The third-order valence-electron chi connectivity index (χ3n) is 3.26. The molecule has 0 rings (SSSR count). The fourth-order valence-corrected chi connectivity index (χ4v) is 2.00. The number of ether oxygens (including phenoxy) is 3. The fourth-order valence-electron chi connectivity index (χ4n) is 2.00. The second-order valence-electron chi connectivity index (χ2n) is 5.92. The number of hydrogen-bond donors (Lipinski definition) is 4. The minimum atomic E-state index is -1.25. The summed E-state index contributed by atoms with van der Waals surface area (Å²) < 4.78 is 16.1. The van der Waals surface area contributed by atoms with Crippen molar-refractivity contribution in [1.29, 1.82) is 0 Å². The first-order valence-corrected chi connectivity index (χ1v) is 8.51. The summed E-state index contributed by atoms with van der Waals surface area (Å²) in [5, 5.41) is 28.7. The third kappa shape index (κ3) is 13.7. The monoisotopic (exact) mass is 405 g/mol. The van der Waals surface area contributed by atoms with Crippen LogP contribution < -0.4 is 5.32 Å². The maximum atomic E-state index is 12.1. The standard InChI is InChI=1S/C17H27NO10/c1-2-7-26-10-17(11-27-8-5-15(22)23,12-28-9-6-16(24)25)18-13(19)3-4-14(20)21/h2H,1,3-12H2,(H,18,19)(H,20,21)(H,22,23)(H,24,25). The van der Waals surface area contributed by atoms with Gasteiger partial charge >= 0.3 is 17.9 Å². The molecule has 0 aliphatic heterocycles. The van der Waals surface area contributed by atoms with Gasteiger partial charge in [-0.25, -0.2) is 0 Å². The molecule has 0 atom stereocenters. The lowest BCUT2D eigenvalue weighted by molar-refractivity contribution is -0.140. The van der Waals surface area contributed by atoms with E-state index in [1.807, 2.05) is 0 Å². The zero-order valence-electron chi connectivity index (χ0n) is 15.6. The van der Waals surface area contributed by atoms with Crippen LogP contribution in [0.3, 0.4) is 0 Å². The Hall–Kier alpha value is -2.50. The zero-order chi connectivity index (χ0) is 21.4. The van der Waals surface area contributed by atoms with Gasteiger partial charge in [-0.1, -0.05) is 6.08 Å². The molecule has 0 aromatic heterocycles. The number of aliphatic carboxylic acids is 3. The van der Waals surface area contributed by atoms with E-state index in [0.717, 1.165) is 0 Å². The highest BCUT2D eigenvalue weighted by atomic mass is 16.5. The highest BCUT2D eigenvalue weighted by Crippen LogP contribution is 2.11. The quantitative estimate of drug-likeness (QED) is 0.178. The first kappa shape index (κ1) is 25.5. The van der Waals surface area contributed by atoms with Crippen LogP contribution in [0.2, 0.25) is 0 Å². The molecule has 0 fully saturated rings. The van der Waals surface area contributed by atoms with E-state index in [-0.39, 0.29) is 65.3 Å². The molecule has 11 heteroatoms. The molecule has 0 saturated heterocycles. The smallest absolute Gasteiger partial charge is 0.305 e. The minimum absolute atomic E-state index is 0.0992. The largest absolute Gasteiger partial charge is 0.481 e. The second-order valence-corrected chi connectivity index (χ2v) is 5.92. The van der Waals surface area contributed by atoms with Gasteiger partial charge in [0.2, 0.25) is 5.91 Å². The normalized spacial score (nSPS) is 11.0. The maximum absolute atomic E-state index is 12.1. The number of amides is 1. The minimum Gasteiger partial charge on any atom is -0.481 e. The Morgan fingerprint density at radius 1 is 0.786 bits per heavy atom. The molecule has 0 aliphatic carbocycles. The van der Waals surface area contributed by atoms with E-state index >= 15 is 0 Å². The van der Waals surface area contributed by atoms with Gasteiger partial charge in [0.05, 0.1) is 58.9 Å². The van der Waals surface area contributed by atoms with Gasteiger partial charge in [-0.2, -0.15) is 0 Å². The van der Waals surface area contributed by atoms with Crippen molar-refractivity contribution < 1.29 is 48.7 Å². The van der Waals surface area contributed by atoms with E-state index < -0.39 is 29.4 Å². The molecule has 0 aliphatic rings. The summed E-state index contributed by atoms with van der Waals surface area (Å²) in [7, 11) is 0.